The highest BCUT2D eigenvalue weighted by Crippen LogP contribution is 2.37. The summed E-state index contributed by atoms with van der Waals surface area (Å²) >= 11 is 0. The Kier molecular flexibility index (Phi) is 5.41. The van der Waals surface area contributed by atoms with E-state index in [1.54, 1.807) is 26.0 Å². The zero-order valence-electron chi connectivity index (χ0n) is 15.2. The molecule has 0 aromatic carbocycles. The lowest BCUT2D eigenvalue weighted by Gasteiger charge is -2.39. The molecule has 3 atom stereocenters. The van der Waals surface area contributed by atoms with Crippen LogP contribution < -0.4 is 0 Å². The van der Waals surface area contributed by atoms with Crippen molar-refractivity contribution in [2.75, 3.05) is 0 Å². The molecule has 2 bridgehead atoms. The van der Waals surface area contributed by atoms with Gasteiger partial charge in [0.25, 0.3) is 0 Å². The molecular weight excluding hydrogens is 304 g/mol. The molecule has 0 radical (unpaired) electrons. The van der Waals surface area contributed by atoms with E-state index in [4.69, 9.17) is 4.74 Å². The van der Waals surface area contributed by atoms with E-state index in [0.717, 1.165) is 0 Å². The van der Waals surface area contributed by atoms with Crippen LogP contribution in [0.5, 0.6) is 0 Å². The van der Waals surface area contributed by atoms with Crippen molar-refractivity contribution in [2.45, 2.75) is 76.6 Å². The molecule has 3 rings (SSSR count). The minimum Gasteiger partial charge on any atom is -0.451 e. The van der Waals surface area contributed by atoms with Gasteiger partial charge in [0.1, 0.15) is 5.60 Å². The van der Waals surface area contributed by atoms with E-state index in [0.29, 0.717) is 37.7 Å². The van der Waals surface area contributed by atoms with E-state index in [1.165, 1.54) is 0 Å². The monoisotopic (exact) mass is 334 g/mol. The number of hydrogen-bond donors (Lipinski definition) is 2. The number of hydrogen-bond acceptors (Lipinski definition) is 4. The van der Waals surface area contributed by atoms with Crippen LogP contribution >= 0.6 is 0 Å². The van der Waals surface area contributed by atoms with Crippen molar-refractivity contribution in [3.8, 4) is 0 Å². The van der Waals surface area contributed by atoms with Crippen LogP contribution in [0.15, 0.2) is 36.0 Å². The van der Waals surface area contributed by atoms with Gasteiger partial charge in [0.05, 0.1) is 11.2 Å². The number of aliphatic hydroxyl groups is 2. The quantitative estimate of drug-likeness (QED) is 0.569. The van der Waals surface area contributed by atoms with E-state index >= 15 is 0 Å². The van der Waals surface area contributed by atoms with Crippen molar-refractivity contribution < 1.29 is 19.7 Å². The van der Waals surface area contributed by atoms with Crippen LogP contribution in [0.3, 0.4) is 0 Å². The number of rotatable bonds is 1. The summed E-state index contributed by atoms with van der Waals surface area (Å²) in [5.41, 5.74) is -2.00. The zero-order valence-corrected chi connectivity index (χ0v) is 15.2. The minimum atomic E-state index is -1.05. The first kappa shape index (κ1) is 18.9. The van der Waals surface area contributed by atoms with Crippen LogP contribution in [0.25, 0.3) is 0 Å². The predicted molar refractivity (Wildman–Crippen MR) is 94.4 cm³/mol. The summed E-state index contributed by atoms with van der Waals surface area (Å²) in [7, 11) is 0. The normalized spacial score (nSPS) is 42.8. The number of ether oxygens (including phenoxy) is 1. The molecule has 1 aliphatic carbocycles. The predicted octanol–water partition coefficient (Wildman–Crippen LogP) is 3.44. The van der Waals surface area contributed by atoms with Gasteiger partial charge in [-0.1, -0.05) is 38.2 Å². The van der Waals surface area contributed by atoms with Crippen molar-refractivity contribution in [1.29, 1.82) is 0 Å². The molecule has 2 N–H and O–H groups in total. The van der Waals surface area contributed by atoms with Gasteiger partial charge < -0.3 is 14.9 Å². The van der Waals surface area contributed by atoms with Gasteiger partial charge >= 0.3 is 5.97 Å². The van der Waals surface area contributed by atoms with Crippen LogP contribution in [0.4, 0.5) is 0 Å². The molecule has 4 heteroatoms. The third-order valence-electron chi connectivity index (χ3n) is 5.08. The van der Waals surface area contributed by atoms with Crippen molar-refractivity contribution in [3.05, 3.63) is 36.0 Å². The third kappa shape index (κ3) is 4.58. The first-order valence-electron chi connectivity index (χ1n) is 8.81. The fourth-order valence-corrected chi connectivity index (χ4v) is 3.18. The number of carbonyl (C=O) groups is 1. The summed E-state index contributed by atoms with van der Waals surface area (Å²) < 4.78 is 5.80. The van der Waals surface area contributed by atoms with Crippen molar-refractivity contribution >= 4 is 5.97 Å². The Balaban J connectivity index is 2.39. The number of esters is 1. The van der Waals surface area contributed by atoms with Gasteiger partial charge in [0, 0.05) is 5.57 Å². The van der Waals surface area contributed by atoms with Gasteiger partial charge in [-0.05, 0) is 57.9 Å². The third-order valence-corrected chi connectivity index (χ3v) is 5.08. The summed E-state index contributed by atoms with van der Waals surface area (Å²) in [6.45, 7) is 7.52. The Labute approximate surface area is 144 Å². The molecule has 3 aliphatic rings. The van der Waals surface area contributed by atoms with Gasteiger partial charge in [0.2, 0.25) is 0 Å². The van der Waals surface area contributed by atoms with Crippen molar-refractivity contribution in [3.63, 3.8) is 0 Å². The molecule has 0 spiro atoms. The molecule has 4 nitrogen and oxygen atoms in total. The highest BCUT2D eigenvalue weighted by molar-refractivity contribution is 5.89. The molecule has 24 heavy (non-hydrogen) atoms. The fourth-order valence-electron chi connectivity index (χ4n) is 3.18. The van der Waals surface area contributed by atoms with E-state index in [2.05, 4.69) is 0 Å². The highest BCUT2D eigenvalue weighted by atomic mass is 16.6. The van der Waals surface area contributed by atoms with Crippen LogP contribution in [0, 0.1) is 5.92 Å². The zero-order chi connectivity index (χ0) is 18.0. The highest BCUT2D eigenvalue weighted by Gasteiger charge is 2.40. The van der Waals surface area contributed by atoms with E-state index < -0.39 is 16.8 Å². The van der Waals surface area contributed by atoms with Crippen LogP contribution in [-0.4, -0.2) is 33.0 Å². The second kappa shape index (κ2) is 6.85. The first-order valence-corrected chi connectivity index (χ1v) is 8.81. The fraction of sp³-hybridized carbons (Fsp3) is 0.650. The Morgan fingerprint density at radius 3 is 2.42 bits per heavy atom. The molecule has 0 unspecified atom stereocenters. The maximum absolute atomic E-state index is 12.4. The molecule has 134 valence electrons. The molecule has 0 aromatic heterocycles. The first-order chi connectivity index (χ1) is 11.1. The lowest BCUT2D eigenvalue weighted by atomic mass is 9.80. The number of allylic oxidation sites excluding steroid dienone is 1. The van der Waals surface area contributed by atoms with Crippen LogP contribution in [0.1, 0.15) is 59.8 Å². The Hall–Kier alpha value is -1.39. The molecule has 0 amide bonds. The lowest BCUT2D eigenvalue weighted by Crippen LogP contribution is -2.43. The maximum Gasteiger partial charge on any atom is 0.334 e. The minimum absolute atomic E-state index is 0.124. The van der Waals surface area contributed by atoms with E-state index in [-0.39, 0.29) is 11.9 Å². The Morgan fingerprint density at radius 2 is 1.79 bits per heavy atom. The molecule has 1 saturated heterocycles. The Morgan fingerprint density at radius 1 is 1.08 bits per heavy atom. The number of fused-ring (bicyclic) bond motifs is 9. The van der Waals surface area contributed by atoms with Gasteiger partial charge in [-0.3, -0.25) is 0 Å². The smallest absolute Gasteiger partial charge is 0.334 e. The molecule has 0 saturated carbocycles. The average molecular weight is 334 g/mol. The molecule has 0 aromatic rings. The SMILES string of the molecule is CC(C)[C@@]12/C=C/[C@@](C)(O)C/C=C\[C@](C)(O)CC/C=C(\CC1)C(=O)O2. The van der Waals surface area contributed by atoms with Crippen molar-refractivity contribution in [2.24, 2.45) is 5.92 Å². The second-order valence-corrected chi connectivity index (χ2v) is 7.92. The van der Waals surface area contributed by atoms with Crippen LogP contribution in [-0.2, 0) is 9.53 Å². The van der Waals surface area contributed by atoms with Gasteiger partial charge in [0.15, 0.2) is 0 Å². The van der Waals surface area contributed by atoms with E-state index in [1.807, 2.05) is 32.1 Å². The summed E-state index contributed by atoms with van der Waals surface area (Å²) in [5.74, 6) is -0.161. The topological polar surface area (TPSA) is 66.8 Å². The number of carbonyl (C=O) groups excluding carboxylic acids is 1. The Bertz CT molecular complexity index is 566. The summed E-state index contributed by atoms with van der Waals surface area (Å²) in [6.07, 6.45) is 11.9. The molecular formula is C20H30O4. The van der Waals surface area contributed by atoms with Gasteiger partial charge in [-0.25, -0.2) is 4.79 Å². The van der Waals surface area contributed by atoms with Crippen molar-refractivity contribution in [1.82, 2.24) is 0 Å². The summed E-state index contributed by atoms with van der Waals surface area (Å²) in [4.78, 5) is 12.4. The maximum atomic E-state index is 12.4. The summed E-state index contributed by atoms with van der Waals surface area (Å²) in [6, 6.07) is 0. The average Bonchev–Trinajstić information content (AvgIpc) is 2.46. The largest absolute Gasteiger partial charge is 0.451 e. The van der Waals surface area contributed by atoms with Gasteiger partial charge in [-0.15, -0.1) is 0 Å². The second-order valence-electron chi connectivity index (χ2n) is 7.92. The molecule has 2 heterocycles. The summed E-state index contributed by atoms with van der Waals surface area (Å²) in [5, 5.41) is 20.9. The van der Waals surface area contributed by atoms with Gasteiger partial charge in [-0.2, -0.15) is 0 Å². The standard InChI is InChI=1S/C20H30O4/c1-15(2)20-12-8-16(17(21)24-20)7-5-9-18(3,22)10-6-11-19(4,23)13-14-20/h6-7,10,13-15,22-23H,5,8-9,11-12H2,1-4H3/b10-6-,14-13+,16-7+/t18-,19+,20+/m1/s1. The molecule has 1 fully saturated rings. The van der Waals surface area contributed by atoms with Crippen LogP contribution in [0.2, 0.25) is 0 Å². The molecule has 2 aliphatic heterocycles. The lowest BCUT2D eigenvalue weighted by molar-refractivity contribution is -0.159. The van der Waals surface area contributed by atoms with E-state index in [9.17, 15) is 15.0 Å².